The summed E-state index contributed by atoms with van der Waals surface area (Å²) in [5, 5.41) is 3.97. The van der Waals surface area contributed by atoms with E-state index in [-0.39, 0.29) is 5.91 Å². The van der Waals surface area contributed by atoms with E-state index in [0.29, 0.717) is 6.42 Å². The van der Waals surface area contributed by atoms with Gasteiger partial charge in [0.15, 0.2) is 0 Å². The second kappa shape index (κ2) is 5.21. The number of nitrogens with one attached hydrogen (secondary N) is 2. The molecule has 1 aromatic heterocycles. The number of aromatic nitrogens is 1. The zero-order chi connectivity index (χ0) is 10.4. The zero-order valence-electron chi connectivity index (χ0n) is 8.50. The average molecular weight is 193 g/mol. The van der Waals surface area contributed by atoms with E-state index in [1.54, 1.807) is 0 Å². The number of aromatic amines is 1. The highest BCUT2D eigenvalue weighted by atomic mass is 16.2. The van der Waals surface area contributed by atoms with Crippen LogP contribution in [0.25, 0.3) is 0 Å². The van der Waals surface area contributed by atoms with Crippen LogP contribution >= 0.6 is 0 Å². The van der Waals surface area contributed by atoms with Gasteiger partial charge in [-0.1, -0.05) is 6.92 Å². The molecule has 0 spiro atoms. The number of hydrogen-bond acceptors (Lipinski definition) is 2. The fourth-order valence-electron chi connectivity index (χ4n) is 1.04. The summed E-state index contributed by atoms with van der Waals surface area (Å²) in [6.07, 6.45) is 3.17. The molecule has 0 radical (unpaired) electrons. The lowest BCUT2D eigenvalue weighted by atomic mass is 10.3. The van der Waals surface area contributed by atoms with Gasteiger partial charge in [0, 0.05) is 12.6 Å². The lowest BCUT2D eigenvalue weighted by Crippen LogP contribution is -2.18. The summed E-state index contributed by atoms with van der Waals surface area (Å²) in [6.45, 7) is 3.80. The van der Waals surface area contributed by atoms with E-state index in [1.807, 2.05) is 32.2 Å². The van der Waals surface area contributed by atoms with Crippen LogP contribution in [0, 0.1) is 0 Å². The average Bonchev–Trinajstić information content (AvgIpc) is 2.67. The number of hydrogen-bond donors (Lipinski definition) is 2. The van der Waals surface area contributed by atoms with Crippen molar-refractivity contribution < 1.29 is 4.79 Å². The van der Waals surface area contributed by atoms with Crippen LogP contribution in [-0.2, 0) is 4.79 Å². The molecule has 4 heteroatoms. The molecule has 14 heavy (non-hydrogen) atoms. The van der Waals surface area contributed by atoms with Crippen LogP contribution in [-0.4, -0.2) is 16.6 Å². The lowest BCUT2D eigenvalue weighted by molar-refractivity contribution is -0.121. The minimum absolute atomic E-state index is 0.0431. The predicted molar refractivity (Wildman–Crippen MR) is 56.1 cm³/mol. The summed E-state index contributed by atoms with van der Waals surface area (Å²) >= 11 is 0. The van der Waals surface area contributed by atoms with Gasteiger partial charge in [0.2, 0.25) is 5.91 Å². The quantitative estimate of drug-likeness (QED) is 0.554. The number of carbonyl (C=O) groups is 1. The van der Waals surface area contributed by atoms with Crippen LogP contribution in [0.5, 0.6) is 0 Å². The monoisotopic (exact) mass is 193 g/mol. The summed E-state index contributed by atoms with van der Waals surface area (Å²) in [7, 11) is 0. The smallest absolute Gasteiger partial charge is 0.240 e. The first kappa shape index (κ1) is 10.5. The minimum atomic E-state index is -0.0431. The van der Waals surface area contributed by atoms with Crippen LogP contribution in [0.4, 0.5) is 0 Å². The van der Waals surface area contributed by atoms with E-state index >= 15 is 0 Å². The first-order chi connectivity index (χ1) is 6.74. The minimum Gasteiger partial charge on any atom is -0.360 e. The molecular weight excluding hydrogens is 178 g/mol. The van der Waals surface area contributed by atoms with Crippen LogP contribution < -0.4 is 5.43 Å². The molecule has 0 bridgehead atoms. The van der Waals surface area contributed by atoms with E-state index in [2.05, 4.69) is 15.5 Å². The van der Waals surface area contributed by atoms with Crippen molar-refractivity contribution >= 4 is 11.6 Å². The molecule has 0 aliphatic rings. The van der Waals surface area contributed by atoms with Gasteiger partial charge >= 0.3 is 0 Å². The number of hydrazone groups is 1. The van der Waals surface area contributed by atoms with Crippen LogP contribution in [0.3, 0.4) is 0 Å². The second-order valence-corrected chi connectivity index (χ2v) is 3.07. The maximum atomic E-state index is 11.1. The molecule has 1 amide bonds. The number of rotatable bonds is 4. The summed E-state index contributed by atoms with van der Waals surface area (Å²) in [5.74, 6) is -0.0431. The fourth-order valence-corrected chi connectivity index (χ4v) is 1.04. The van der Waals surface area contributed by atoms with Crippen LogP contribution in [0.2, 0.25) is 0 Å². The topological polar surface area (TPSA) is 57.2 Å². The largest absolute Gasteiger partial charge is 0.360 e. The standard InChI is InChI=1S/C10H15N3O/c1-3-5-10(14)13-12-8(2)9-6-4-7-11-9/h4,6-7,11H,3,5H2,1-2H3,(H,13,14). The molecule has 0 fully saturated rings. The van der Waals surface area contributed by atoms with Gasteiger partial charge in [0.05, 0.1) is 11.4 Å². The van der Waals surface area contributed by atoms with Crippen LogP contribution in [0.15, 0.2) is 23.4 Å². The molecule has 4 nitrogen and oxygen atoms in total. The summed E-state index contributed by atoms with van der Waals surface area (Å²) in [6, 6.07) is 3.80. The molecule has 2 N–H and O–H groups in total. The van der Waals surface area contributed by atoms with Gasteiger partial charge in [0.1, 0.15) is 0 Å². The third-order valence-electron chi connectivity index (χ3n) is 1.81. The maximum absolute atomic E-state index is 11.1. The Morgan fingerprint density at radius 3 is 3.00 bits per heavy atom. The first-order valence-corrected chi connectivity index (χ1v) is 4.71. The number of H-pyrrole nitrogens is 1. The van der Waals surface area contributed by atoms with E-state index in [9.17, 15) is 4.79 Å². The molecule has 1 aromatic rings. The molecule has 0 unspecified atom stereocenters. The number of amides is 1. The van der Waals surface area contributed by atoms with Gasteiger partial charge in [-0.05, 0) is 25.5 Å². The predicted octanol–water partition coefficient (Wildman–Crippen LogP) is 1.66. The Hall–Kier alpha value is -1.58. The van der Waals surface area contributed by atoms with Crippen molar-refractivity contribution in [3.63, 3.8) is 0 Å². The van der Waals surface area contributed by atoms with Crippen molar-refractivity contribution in [1.29, 1.82) is 0 Å². The third kappa shape index (κ3) is 3.05. The van der Waals surface area contributed by atoms with Crippen LogP contribution in [0.1, 0.15) is 32.4 Å². The molecule has 1 heterocycles. The van der Waals surface area contributed by atoms with Crippen molar-refractivity contribution in [2.75, 3.05) is 0 Å². The highest BCUT2D eigenvalue weighted by Crippen LogP contribution is 1.96. The van der Waals surface area contributed by atoms with Crippen molar-refractivity contribution in [1.82, 2.24) is 10.4 Å². The highest BCUT2D eigenvalue weighted by Gasteiger charge is 1.99. The molecule has 0 aliphatic carbocycles. The van der Waals surface area contributed by atoms with Crippen molar-refractivity contribution in [2.45, 2.75) is 26.7 Å². The maximum Gasteiger partial charge on any atom is 0.240 e. The first-order valence-electron chi connectivity index (χ1n) is 4.71. The molecule has 0 aromatic carbocycles. The van der Waals surface area contributed by atoms with E-state index in [1.165, 1.54) is 0 Å². The molecule has 76 valence electrons. The zero-order valence-corrected chi connectivity index (χ0v) is 8.50. The Labute approximate surface area is 83.4 Å². The normalized spacial score (nSPS) is 11.4. The SMILES string of the molecule is CCCC(=O)NN=C(C)c1ccc[nH]1. The molecule has 0 atom stereocenters. The van der Waals surface area contributed by atoms with Gasteiger partial charge in [-0.3, -0.25) is 4.79 Å². The van der Waals surface area contributed by atoms with E-state index in [0.717, 1.165) is 17.8 Å². The molecular formula is C10H15N3O. The Bertz CT molecular complexity index is 314. The Morgan fingerprint density at radius 2 is 2.43 bits per heavy atom. The van der Waals surface area contributed by atoms with E-state index in [4.69, 9.17) is 0 Å². The van der Waals surface area contributed by atoms with Crippen molar-refractivity contribution in [3.8, 4) is 0 Å². The fraction of sp³-hybridized carbons (Fsp3) is 0.400. The van der Waals surface area contributed by atoms with Gasteiger partial charge in [-0.2, -0.15) is 5.10 Å². The Kier molecular flexibility index (Phi) is 3.91. The molecule has 1 rings (SSSR count). The molecule has 0 aliphatic heterocycles. The van der Waals surface area contributed by atoms with Gasteiger partial charge in [-0.15, -0.1) is 0 Å². The number of carbonyl (C=O) groups excluding carboxylic acids is 1. The van der Waals surface area contributed by atoms with Crippen molar-refractivity contribution in [2.24, 2.45) is 5.10 Å². The van der Waals surface area contributed by atoms with E-state index < -0.39 is 0 Å². The molecule has 0 saturated heterocycles. The lowest BCUT2D eigenvalue weighted by Gasteiger charge is -1.99. The highest BCUT2D eigenvalue weighted by molar-refractivity contribution is 5.97. The Morgan fingerprint density at radius 1 is 1.64 bits per heavy atom. The molecule has 0 saturated carbocycles. The van der Waals surface area contributed by atoms with Gasteiger partial charge in [0.25, 0.3) is 0 Å². The van der Waals surface area contributed by atoms with Crippen molar-refractivity contribution in [3.05, 3.63) is 24.0 Å². The number of nitrogens with zero attached hydrogens (tertiary/aromatic N) is 1. The Balaban J connectivity index is 2.49. The summed E-state index contributed by atoms with van der Waals surface area (Å²) in [5.41, 5.74) is 4.20. The summed E-state index contributed by atoms with van der Waals surface area (Å²) < 4.78 is 0. The summed E-state index contributed by atoms with van der Waals surface area (Å²) in [4.78, 5) is 14.1. The van der Waals surface area contributed by atoms with Gasteiger partial charge in [-0.25, -0.2) is 5.43 Å². The third-order valence-corrected chi connectivity index (χ3v) is 1.81. The second-order valence-electron chi connectivity index (χ2n) is 3.07. The van der Waals surface area contributed by atoms with Gasteiger partial charge < -0.3 is 4.98 Å².